The van der Waals surface area contributed by atoms with Crippen LogP contribution in [0.15, 0.2) is 30.3 Å². The van der Waals surface area contributed by atoms with E-state index in [1.54, 1.807) is 0 Å². The van der Waals surface area contributed by atoms with Crippen molar-refractivity contribution in [3.8, 4) is 0 Å². The fraction of sp³-hybridized carbons (Fsp3) is 0.409. The SMILES string of the molecule is Cc1nc(C2CC2)nc2sc(C(=O)NC(c3ccccc3)C3CC3)c(C)c12. The van der Waals surface area contributed by atoms with Crippen molar-refractivity contribution in [1.29, 1.82) is 0 Å². The van der Waals surface area contributed by atoms with Gasteiger partial charge in [0.25, 0.3) is 5.91 Å². The molecule has 2 aromatic heterocycles. The molecule has 2 fully saturated rings. The topological polar surface area (TPSA) is 54.9 Å². The lowest BCUT2D eigenvalue weighted by molar-refractivity contribution is 0.0935. The standard InChI is InChI=1S/C22H23N3OS/c1-12-17-13(2)23-20(16-10-11-16)25-22(17)27-19(12)21(26)24-18(15-8-9-15)14-6-4-3-5-7-14/h3-7,15-16,18H,8-11H2,1-2H3,(H,24,26). The van der Waals surface area contributed by atoms with Crippen LogP contribution >= 0.6 is 11.3 Å². The first-order valence-electron chi connectivity index (χ1n) is 9.75. The number of aryl methyl sites for hydroxylation is 2. The van der Waals surface area contributed by atoms with E-state index in [1.165, 1.54) is 42.6 Å². The summed E-state index contributed by atoms with van der Waals surface area (Å²) in [6.45, 7) is 4.06. The Kier molecular flexibility index (Phi) is 4.01. The number of benzene rings is 1. The van der Waals surface area contributed by atoms with E-state index >= 15 is 0 Å². The van der Waals surface area contributed by atoms with Crippen LogP contribution in [0.3, 0.4) is 0 Å². The Morgan fingerprint density at radius 2 is 1.85 bits per heavy atom. The van der Waals surface area contributed by atoms with Crippen molar-refractivity contribution in [2.45, 2.75) is 51.5 Å². The molecule has 1 aromatic carbocycles. The van der Waals surface area contributed by atoms with Gasteiger partial charge in [-0.3, -0.25) is 4.79 Å². The summed E-state index contributed by atoms with van der Waals surface area (Å²) in [5, 5.41) is 4.36. The van der Waals surface area contributed by atoms with E-state index in [1.807, 2.05) is 32.0 Å². The third-order valence-corrected chi connectivity index (χ3v) is 6.86. The van der Waals surface area contributed by atoms with Gasteiger partial charge in [0, 0.05) is 11.3 Å². The molecule has 0 bridgehead atoms. The maximum absolute atomic E-state index is 13.1. The van der Waals surface area contributed by atoms with Crippen LogP contribution in [0.2, 0.25) is 0 Å². The van der Waals surface area contributed by atoms with Gasteiger partial charge in [0.05, 0.1) is 16.6 Å². The number of aromatic nitrogens is 2. The van der Waals surface area contributed by atoms with Crippen molar-refractivity contribution in [2.75, 3.05) is 0 Å². The number of hydrogen-bond acceptors (Lipinski definition) is 4. The quantitative estimate of drug-likeness (QED) is 0.676. The molecule has 5 heteroatoms. The van der Waals surface area contributed by atoms with Gasteiger partial charge in [-0.1, -0.05) is 30.3 Å². The van der Waals surface area contributed by atoms with Gasteiger partial charge in [0.2, 0.25) is 0 Å². The zero-order chi connectivity index (χ0) is 18.5. The Morgan fingerprint density at radius 1 is 1.11 bits per heavy atom. The fourth-order valence-electron chi connectivity index (χ4n) is 3.87. The summed E-state index contributed by atoms with van der Waals surface area (Å²) in [6.07, 6.45) is 4.73. The van der Waals surface area contributed by atoms with Crippen molar-refractivity contribution < 1.29 is 4.79 Å². The van der Waals surface area contributed by atoms with E-state index in [2.05, 4.69) is 17.4 Å². The monoisotopic (exact) mass is 377 g/mol. The number of carbonyl (C=O) groups is 1. The summed E-state index contributed by atoms with van der Waals surface area (Å²) >= 11 is 1.51. The van der Waals surface area contributed by atoms with Crippen LogP contribution in [0.5, 0.6) is 0 Å². The summed E-state index contributed by atoms with van der Waals surface area (Å²) in [6, 6.07) is 10.4. The van der Waals surface area contributed by atoms with E-state index in [9.17, 15) is 4.79 Å². The van der Waals surface area contributed by atoms with Crippen LogP contribution in [0.25, 0.3) is 10.2 Å². The van der Waals surface area contributed by atoms with Crippen LogP contribution < -0.4 is 5.32 Å². The molecule has 2 aliphatic rings. The van der Waals surface area contributed by atoms with Gasteiger partial charge in [-0.05, 0) is 56.6 Å². The Bertz CT molecular complexity index is 1020. The van der Waals surface area contributed by atoms with Crippen LogP contribution in [0, 0.1) is 19.8 Å². The Labute approximate surface area is 163 Å². The third-order valence-electron chi connectivity index (χ3n) is 5.68. The molecular formula is C22H23N3OS. The number of nitrogens with zero attached hydrogens (tertiary/aromatic N) is 2. The minimum absolute atomic E-state index is 0.0172. The van der Waals surface area contributed by atoms with E-state index in [-0.39, 0.29) is 11.9 Å². The molecule has 27 heavy (non-hydrogen) atoms. The Morgan fingerprint density at radius 3 is 2.52 bits per heavy atom. The predicted molar refractivity (Wildman–Crippen MR) is 108 cm³/mol. The molecule has 5 rings (SSSR count). The summed E-state index contributed by atoms with van der Waals surface area (Å²) < 4.78 is 0. The van der Waals surface area contributed by atoms with Gasteiger partial charge in [-0.25, -0.2) is 9.97 Å². The van der Waals surface area contributed by atoms with Gasteiger partial charge < -0.3 is 5.32 Å². The van der Waals surface area contributed by atoms with Crippen LogP contribution in [-0.2, 0) is 0 Å². The Balaban J connectivity index is 1.48. The Hall–Kier alpha value is -2.27. The van der Waals surface area contributed by atoms with Crippen molar-refractivity contribution in [2.24, 2.45) is 5.92 Å². The second-order valence-electron chi connectivity index (χ2n) is 7.88. The van der Waals surface area contributed by atoms with Crippen molar-refractivity contribution in [3.05, 3.63) is 57.9 Å². The smallest absolute Gasteiger partial charge is 0.262 e. The molecule has 3 aromatic rings. The number of nitrogens with one attached hydrogen (secondary N) is 1. The zero-order valence-corrected chi connectivity index (χ0v) is 16.5. The average Bonchev–Trinajstić information content (AvgIpc) is 3.57. The molecule has 2 heterocycles. The largest absolute Gasteiger partial charge is 0.344 e. The van der Waals surface area contributed by atoms with Crippen molar-refractivity contribution in [1.82, 2.24) is 15.3 Å². The molecule has 0 radical (unpaired) electrons. The second-order valence-corrected chi connectivity index (χ2v) is 8.88. The number of fused-ring (bicyclic) bond motifs is 1. The second kappa shape index (κ2) is 6.41. The average molecular weight is 378 g/mol. The molecule has 1 unspecified atom stereocenters. The van der Waals surface area contributed by atoms with E-state index in [0.29, 0.717) is 11.8 Å². The number of carbonyl (C=O) groups excluding carboxylic acids is 1. The molecule has 1 amide bonds. The van der Waals surface area contributed by atoms with Crippen molar-refractivity contribution >= 4 is 27.5 Å². The van der Waals surface area contributed by atoms with Crippen LogP contribution in [0.4, 0.5) is 0 Å². The van der Waals surface area contributed by atoms with Gasteiger partial charge in [0.15, 0.2) is 0 Å². The highest BCUT2D eigenvalue weighted by Crippen LogP contribution is 2.42. The van der Waals surface area contributed by atoms with Crippen LogP contribution in [0.1, 0.15) is 70.0 Å². The van der Waals surface area contributed by atoms with E-state index in [4.69, 9.17) is 9.97 Å². The third kappa shape index (κ3) is 3.14. The van der Waals surface area contributed by atoms with Crippen molar-refractivity contribution in [3.63, 3.8) is 0 Å². The molecule has 1 N–H and O–H groups in total. The molecule has 0 aliphatic heterocycles. The fourth-order valence-corrected chi connectivity index (χ4v) is 5.01. The normalized spacial score (nSPS) is 17.9. The minimum Gasteiger partial charge on any atom is -0.344 e. The minimum atomic E-state index is 0.0172. The van der Waals surface area contributed by atoms with E-state index in [0.717, 1.165) is 32.2 Å². The van der Waals surface area contributed by atoms with Crippen LogP contribution in [-0.4, -0.2) is 15.9 Å². The molecule has 2 aliphatic carbocycles. The number of rotatable bonds is 5. The number of hydrogen-bond donors (Lipinski definition) is 1. The molecule has 2 saturated carbocycles. The highest BCUT2D eigenvalue weighted by atomic mass is 32.1. The summed E-state index contributed by atoms with van der Waals surface area (Å²) in [7, 11) is 0. The maximum Gasteiger partial charge on any atom is 0.262 e. The van der Waals surface area contributed by atoms with Gasteiger partial charge in [-0.15, -0.1) is 11.3 Å². The predicted octanol–water partition coefficient (Wildman–Crippen LogP) is 5.07. The highest BCUT2D eigenvalue weighted by molar-refractivity contribution is 7.20. The molecule has 1 atom stereocenters. The summed E-state index contributed by atoms with van der Waals surface area (Å²) in [4.78, 5) is 24.4. The lowest BCUT2D eigenvalue weighted by Gasteiger charge is -2.18. The number of thiophene rings is 1. The molecular weight excluding hydrogens is 354 g/mol. The maximum atomic E-state index is 13.1. The summed E-state index contributed by atoms with van der Waals surface area (Å²) in [5.74, 6) is 2.04. The van der Waals surface area contributed by atoms with Gasteiger partial charge in [0.1, 0.15) is 10.7 Å². The molecule has 0 saturated heterocycles. The molecule has 0 spiro atoms. The first-order valence-corrected chi connectivity index (χ1v) is 10.6. The molecule has 4 nitrogen and oxygen atoms in total. The van der Waals surface area contributed by atoms with Gasteiger partial charge in [-0.2, -0.15) is 0 Å². The van der Waals surface area contributed by atoms with E-state index < -0.39 is 0 Å². The zero-order valence-electron chi connectivity index (χ0n) is 15.7. The highest BCUT2D eigenvalue weighted by Gasteiger charge is 2.34. The lowest BCUT2D eigenvalue weighted by Crippen LogP contribution is -2.29. The molecule has 138 valence electrons. The summed E-state index contributed by atoms with van der Waals surface area (Å²) in [5.41, 5.74) is 3.20. The van der Waals surface area contributed by atoms with Gasteiger partial charge >= 0.3 is 0 Å². The lowest BCUT2D eigenvalue weighted by atomic mass is 10.0. The first-order chi connectivity index (χ1) is 13.1. The number of amides is 1. The first kappa shape index (κ1) is 16.9.